The van der Waals surface area contributed by atoms with Gasteiger partial charge in [-0.3, -0.25) is 0 Å². The molecular formula is C13H15ClN2O3. The van der Waals surface area contributed by atoms with Gasteiger partial charge in [0.15, 0.2) is 0 Å². The van der Waals surface area contributed by atoms with E-state index in [9.17, 15) is 9.59 Å². The number of amides is 2. The summed E-state index contributed by atoms with van der Waals surface area (Å²) in [4.78, 5) is 24.5. The molecule has 1 aliphatic heterocycles. The second-order valence-electron chi connectivity index (χ2n) is 4.77. The highest BCUT2D eigenvalue weighted by atomic mass is 35.5. The van der Waals surface area contributed by atoms with Gasteiger partial charge in [-0.2, -0.15) is 0 Å². The number of aromatic carboxylic acids is 1. The van der Waals surface area contributed by atoms with Gasteiger partial charge < -0.3 is 15.3 Å². The number of benzene rings is 1. The number of carboxylic acid groups (broad SMARTS) is 1. The molecule has 19 heavy (non-hydrogen) atoms. The first kappa shape index (κ1) is 13.7. The predicted octanol–water partition coefficient (Wildman–Crippen LogP) is 2.91. The number of hydrogen-bond acceptors (Lipinski definition) is 2. The number of halogens is 1. The Hall–Kier alpha value is -1.75. The van der Waals surface area contributed by atoms with Gasteiger partial charge in [0, 0.05) is 18.8 Å². The highest BCUT2D eigenvalue weighted by molar-refractivity contribution is 6.33. The summed E-state index contributed by atoms with van der Waals surface area (Å²) in [7, 11) is 0. The molecule has 1 atom stereocenters. The zero-order valence-electron chi connectivity index (χ0n) is 10.5. The van der Waals surface area contributed by atoms with E-state index in [0.29, 0.717) is 11.6 Å². The smallest absolute Gasteiger partial charge is 0.337 e. The second-order valence-corrected chi connectivity index (χ2v) is 5.18. The van der Waals surface area contributed by atoms with Crippen LogP contribution in [0.2, 0.25) is 5.02 Å². The number of urea groups is 1. The molecule has 1 fully saturated rings. The summed E-state index contributed by atoms with van der Waals surface area (Å²) in [5.74, 6) is -0.569. The fourth-order valence-electron chi connectivity index (χ4n) is 2.09. The van der Waals surface area contributed by atoms with E-state index in [4.69, 9.17) is 16.7 Å². The van der Waals surface area contributed by atoms with E-state index in [2.05, 4.69) is 12.2 Å². The average molecular weight is 283 g/mol. The molecule has 102 valence electrons. The normalized spacial score (nSPS) is 18.4. The van der Waals surface area contributed by atoms with Crippen molar-refractivity contribution < 1.29 is 14.7 Å². The quantitative estimate of drug-likeness (QED) is 0.876. The summed E-state index contributed by atoms with van der Waals surface area (Å²) in [6, 6.07) is 4.19. The van der Waals surface area contributed by atoms with Crippen LogP contribution in [0.3, 0.4) is 0 Å². The SMILES string of the molecule is CC1CCN(C(=O)Nc2ccc(C(=O)O)c(Cl)c2)C1. The number of hydrogen-bond donors (Lipinski definition) is 2. The van der Waals surface area contributed by atoms with Gasteiger partial charge in [0.25, 0.3) is 0 Å². The lowest BCUT2D eigenvalue weighted by molar-refractivity contribution is 0.0697. The monoisotopic (exact) mass is 282 g/mol. The van der Waals surface area contributed by atoms with Gasteiger partial charge in [0.2, 0.25) is 0 Å². The topological polar surface area (TPSA) is 69.6 Å². The van der Waals surface area contributed by atoms with Crippen LogP contribution in [0.5, 0.6) is 0 Å². The number of carbonyl (C=O) groups excluding carboxylic acids is 1. The lowest BCUT2D eigenvalue weighted by Crippen LogP contribution is -2.32. The van der Waals surface area contributed by atoms with Crippen LogP contribution in [0.4, 0.5) is 10.5 Å². The van der Waals surface area contributed by atoms with Crippen LogP contribution in [-0.4, -0.2) is 35.1 Å². The maximum atomic E-state index is 11.9. The molecule has 2 N–H and O–H groups in total. The maximum absolute atomic E-state index is 11.9. The molecule has 0 aromatic heterocycles. The Labute approximate surface area is 116 Å². The molecule has 1 saturated heterocycles. The van der Waals surface area contributed by atoms with Gasteiger partial charge in [-0.25, -0.2) is 9.59 Å². The van der Waals surface area contributed by atoms with Crippen LogP contribution in [-0.2, 0) is 0 Å². The molecule has 0 saturated carbocycles. The summed E-state index contributed by atoms with van der Waals surface area (Å²) in [6.45, 7) is 3.59. The van der Waals surface area contributed by atoms with E-state index in [-0.39, 0.29) is 16.6 Å². The van der Waals surface area contributed by atoms with Crippen molar-refractivity contribution in [2.24, 2.45) is 5.92 Å². The summed E-state index contributed by atoms with van der Waals surface area (Å²) in [5, 5.41) is 11.7. The minimum Gasteiger partial charge on any atom is -0.478 e. The van der Waals surface area contributed by atoms with Crippen molar-refractivity contribution in [2.75, 3.05) is 18.4 Å². The second kappa shape index (κ2) is 5.48. The number of nitrogens with zero attached hydrogens (tertiary/aromatic N) is 1. The van der Waals surface area contributed by atoms with Crippen LogP contribution in [0, 0.1) is 5.92 Å². The first-order chi connectivity index (χ1) is 8.97. The van der Waals surface area contributed by atoms with Crippen LogP contribution < -0.4 is 5.32 Å². The van der Waals surface area contributed by atoms with Gasteiger partial charge in [0.1, 0.15) is 0 Å². The highest BCUT2D eigenvalue weighted by Crippen LogP contribution is 2.22. The summed E-state index contributed by atoms with van der Waals surface area (Å²) < 4.78 is 0. The van der Waals surface area contributed by atoms with Crippen molar-refractivity contribution in [1.29, 1.82) is 0 Å². The zero-order valence-corrected chi connectivity index (χ0v) is 11.3. The number of likely N-dealkylation sites (tertiary alicyclic amines) is 1. The van der Waals surface area contributed by atoms with Gasteiger partial charge in [-0.1, -0.05) is 18.5 Å². The molecule has 1 aromatic rings. The summed E-state index contributed by atoms with van der Waals surface area (Å²) in [6.07, 6.45) is 1.01. The zero-order chi connectivity index (χ0) is 14.0. The van der Waals surface area contributed by atoms with Gasteiger partial charge in [-0.05, 0) is 30.5 Å². The number of nitrogens with one attached hydrogen (secondary N) is 1. The van der Waals surface area contributed by atoms with Crippen molar-refractivity contribution in [3.05, 3.63) is 28.8 Å². The molecule has 2 rings (SSSR count). The Balaban J connectivity index is 2.05. The van der Waals surface area contributed by atoms with Gasteiger partial charge >= 0.3 is 12.0 Å². The van der Waals surface area contributed by atoms with Crippen LogP contribution in [0.15, 0.2) is 18.2 Å². The minimum absolute atomic E-state index is 0.0226. The third-order valence-electron chi connectivity index (χ3n) is 3.16. The van der Waals surface area contributed by atoms with Crippen molar-refractivity contribution in [1.82, 2.24) is 4.90 Å². The standard InChI is InChI=1S/C13H15ClN2O3/c1-8-4-5-16(7-8)13(19)15-9-2-3-10(12(17)18)11(14)6-9/h2-3,6,8H,4-5,7H2,1H3,(H,15,19)(H,17,18). The molecule has 0 aliphatic carbocycles. The first-order valence-electron chi connectivity index (χ1n) is 6.06. The van der Waals surface area contributed by atoms with Crippen molar-refractivity contribution >= 4 is 29.3 Å². The van der Waals surface area contributed by atoms with Crippen molar-refractivity contribution in [3.63, 3.8) is 0 Å². The fourth-order valence-corrected chi connectivity index (χ4v) is 2.35. The third kappa shape index (κ3) is 3.17. The number of carboxylic acids is 1. The van der Waals surface area contributed by atoms with Gasteiger partial charge in [-0.15, -0.1) is 0 Å². The number of carbonyl (C=O) groups is 2. The van der Waals surface area contributed by atoms with E-state index < -0.39 is 5.97 Å². The van der Waals surface area contributed by atoms with Crippen LogP contribution in [0.1, 0.15) is 23.7 Å². The van der Waals surface area contributed by atoms with E-state index in [1.165, 1.54) is 18.2 Å². The van der Waals surface area contributed by atoms with E-state index >= 15 is 0 Å². The van der Waals surface area contributed by atoms with Crippen LogP contribution >= 0.6 is 11.6 Å². The Bertz CT molecular complexity index is 519. The van der Waals surface area contributed by atoms with Crippen LogP contribution in [0.25, 0.3) is 0 Å². The molecule has 0 spiro atoms. The first-order valence-corrected chi connectivity index (χ1v) is 6.44. The van der Waals surface area contributed by atoms with E-state index in [0.717, 1.165) is 19.5 Å². The molecule has 1 aliphatic rings. The average Bonchev–Trinajstić information content (AvgIpc) is 2.75. The highest BCUT2D eigenvalue weighted by Gasteiger charge is 2.23. The van der Waals surface area contributed by atoms with E-state index in [1.807, 2.05) is 0 Å². The molecule has 0 radical (unpaired) electrons. The van der Waals surface area contributed by atoms with Gasteiger partial charge in [0.05, 0.1) is 10.6 Å². The Morgan fingerprint density at radius 2 is 2.21 bits per heavy atom. The molecule has 0 bridgehead atoms. The lowest BCUT2D eigenvalue weighted by atomic mass is 10.2. The minimum atomic E-state index is -1.09. The molecule has 5 nitrogen and oxygen atoms in total. The summed E-state index contributed by atoms with van der Waals surface area (Å²) >= 11 is 5.84. The summed E-state index contributed by atoms with van der Waals surface area (Å²) in [5.41, 5.74) is 0.522. The molecular weight excluding hydrogens is 268 g/mol. The molecule has 2 amide bonds. The third-order valence-corrected chi connectivity index (χ3v) is 3.47. The number of rotatable bonds is 2. The van der Waals surface area contributed by atoms with Crippen molar-refractivity contribution in [2.45, 2.75) is 13.3 Å². The molecule has 1 unspecified atom stereocenters. The molecule has 1 aromatic carbocycles. The molecule has 1 heterocycles. The van der Waals surface area contributed by atoms with Crippen molar-refractivity contribution in [3.8, 4) is 0 Å². The Kier molecular flexibility index (Phi) is 3.95. The maximum Gasteiger partial charge on any atom is 0.337 e. The Morgan fingerprint density at radius 1 is 1.47 bits per heavy atom. The lowest BCUT2D eigenvalue weighted by Gasteiger charge is -2.17. The predicted molar refractivity (Wildman–Crippen MR) is 72.8 cm³/mol. The number of anilines is 1. The fraction of sp³-hybridized carbons (Fsp3) is 0.385. The largest absolute Gasteiger partial charge is 0.478 e. The Morgan fingerprint density at radius 3 is 2.74 bits per heavy atom. The molecule has 6 heteroatoms. The van der Waals surface area contributed by atoms with E-state index in [1.54, 1.807) is 4.90 Å².